The number of nitrogens with one attached hydrogen (secondary N) is 2. The molecule has 0 aliphatic carbocycles. The number of sulfonamides is 1. The first-order chi connectivity index (χ1) is 9.90. The first kappa shape index (κ1) is 15.0. The molecule has 8 nitrogen and oxygen atoms in total. The maximum Gasteiger partial charge on any atom is 0.340 e. The van der Waals surface area contributed by atoms with Crippen molar-refractivity contribution in [2.24, 2.45) is 0 Å². The van der Waals surface area contributed by atoms with E-state index >= 15 is 0 Å². The Labute approximate surface area is 120 Å². The van der Waals surface area contributed by atoms with Crippen LogP contribution in [0.4, 0.5) is 0 Å². The summed E-state index contributed by atoms with van der Waals surface area (Å²) in [7, 11) is -3.97. The van der Waals surface area contributed by atoms with Crippen LogP contribution in [0.3, 0.4) is 0 Å². The molecule has 1 aromatic heterocycles. The van der Waals surface area contributed by atoms with Gasteiger partial charge in [-0.2, -0.15) is 5.10 Å². The topological polar surface area (TPSA) is 132 Å². The number of benzene rings is 1. The number of rotatable bonds is 6. The molecule has 112 valence electrons. The Morgan fingerprint density at radius 3 is 2.57 bits per heavy atom. The van der Waals surface area contributed by atoms with E-state index in [1.54, 1.807) is 12.1 Å². The Kier molecular flexibility index (Phi) is 4.24. The molecule has 0 spiro atoms. The van der Waals surface area contributed by atoms with Crippen molar-refractivity contribution in [1.82, 2.24) is 14.9 Å². The van der Waals surface area contributed by atoms with Gasteiger partial charge in [0.1, 0.15) is 11.3 Å². The standard InChI is InChI=1S/C12H13N3O5S/c16-9-3-1-8(2-4-9)5-6-14-21(19,20)11-10(12(17)18)7-13-15-11/h1-4,7,14,16H,5-6H2,(H,13,15)(H,17,18). The van der Waals surface area contributed by atoms with E-state index in [0.717, 1.165) is 11.8 Å². The van der Waals surface area contributed by atoms with Crippen LogP contribution in [0.15, 0.2) is 35.5 Å². The molecule has 0 bridgehead atoms. The number of hydrogen-bond donors (Lipinski definition) is 4. The number of aromatic amines is 1. The molecule has 2 rings (SSSR count). The van der Waals surface area contributed by atoms with E-state index in [9.17, 15) is 13.2 Å². The molecule has 0 amide bonds. The van der Waals surface area contributed by atoms with Crippen LogP contribution in [0.5, 0.6) is 5.75 Å². The number of aromatic nitrogens is 2. The number of nitrogens with zero attached hydrogens (tertiary/aromatic N) is 1. The fraction of sp³-hybridized carbons (Fsp3) is 0.167. The third kappa shape index (κ3) is 3.58. The molecular formula is C12H13N3O5S. The highest BCUT2D eigenvalue weighted by Crippen LogP contribution is 2.12. The van der Waals surface area contributed by atoms with Gasteiger partial charge in [-0.1, -0.05) is 12.1 Å². The van der Waals surface area contributed by atoms with Crippen LogP contribution < -0.4 is 4.72 Å². The highest BCUT2D eigenvalue weighted by atomic mass is 32.2. The van der Waals surface area contributed by atoms with E-state index in [-0.39, 0.29) is 12.3 Å². The van der Waals surface area contributed by atoms with E-state index in [4.69, 9.17) is 10.2 Å². The molecule has 0 aliphatic heterocycles. The molecule has 0 saturated heterocycles. The number of aromatic carboxylic acids is 1. The zero-order valence-corrected chi connectivity index (χ0v) is 11.6. The van der Waals surface area contributed by atoms with Crippen molar-refractivity contribution in [1.29, 1.82) is 0 Å². The zero-order chi connectivity index (χ0) is 15.5. The van der Waals surface area contributed by atoms with Gasteiger partial charge in [0.05, 0.1) is 6.20 Å². The van der Waals surface area contributed by atoms with Crippen LogP contribution >= 0.6 is 0 Å². The lowest BCUT2D eigenvalue weighted by molar-refractivity contribution is 0.0692. The number of carboxylic acids is 1. The lowest BCUT2D eigenvalue weighted by Gasteiger charge is -2.06. The Bertz CT molecular complexity index is 737. The zero-order valence-electron chi connectivity index (χ0n) is 10.8. The summed E-state index contributed by atoms with van der Waals surface area (Å²) in [6.45, 7) is 0.0885. The lowest BCUT2D eigenvalue weighted by atomic mass is 10.1. The third-order valence-electron chi connectivity index (χ3n) is 2.75. The van der Waals surface area contributed by atoms with Gasteiger partial charge in [-0.05, 0) is 24.1 Å². The van der Waals surface area contributed by atoms with Crippen molar-refractivity contribution in [2.75, 3.05) is 6.54 Å². The van der Waals surface area contributed by atoms with E-state index in [0.29, 0.717) is 6.42 Å². The maximum atomic E-state index is 12.0. The first-order valence-corrected chi connectivity index (χ1v) is 7.43. The van der Waals surface area contributed by atoms with Crippen molar-refractivity contribution in [2.45, 2.75) is 11.4 Å². The van der Waals surface area contributed by atoms with E-state index in [1.165, 1.54) is 12.1 Å². The van der Waals surface area contributed by atoms with Crippen molar-refractivity contribution in [3.8, 4) is 5.75 Å². The molecular weight excluding hydrogens is 298 g/mol. The normalized spacial score (nSPS) is 11.4. The SMILES string of the molecule is O=C(O)c1cn[nH]c1S(=O)(=O)NCCc1ccc(O)cc1. The highest BCUT2D eigenvalue weighted by molar-refractivity contribution is 7.89. The van der Waals surface area contributed by atoms with Crippen LogP contribution in [0.2, 0.25) is 0 Å². The van der Waals surface area contributed by atoms with Crippen molar-refractivity contribution < 1.29 is 23.4 Å². The second-order valence-electron chi connectivity index (χ2n) is 4.23. The summed E-state index contributed by atoms with van der Waals surface area (Å²) in [4.78, 5) is 10.9. The van der Waals surface area contributed by atoms with Crippen LogP contribution in [0.1, 0.15) is 15.9 Å². The summed E-state index contributed by atoms with van der Waals surface area (Å²) >= 11 is 0. The van der Waals surface area contributed by atoms with Gasteiger partial charge in [-0.25, -0.2) is 17.9 Å². The van der Waals surface area contributed by atoms with E-state index in [2.05, 4.69) is 14.9 Å². The number of carbonyl (C=O) groups is 1. The minimum atomic E-state index is -3.97. The molecule has 0 aliphatic rings. The quantitative estimate of drug-likeness (QED) is 0.608. The van der Waals surface area contributed by atoms with Gasteiger partial charge in [0.15, 0.2) is 5.03 Å². The van der Waals surface area contributed by atoms with Gasteiger partial charge in [0.25, 0.3) is 10.0 Å². The molecule has 0 atom stereocenters. The Balaban J connectivity index is 2.03. The monoisotopic (exact) mass is 311 g/mol. The van der Waals surface area contributed by atoms with Gasteiger partial charge >= 0.3 is 5.97 Å². The second-order valence-corrected chi connectivity index (χ2v) is 5.94. The molecule has 1 aromatic carbocycles. The first-order valence-electron chi connectivity index (χ1n) is 5.94. The van der Waals surface area contributed by atoms with E-state index < -0.39 is 26.6 Å². The third-order valence-corrected chi connectivity index (χ3v) is 4.18. The molecule has 0 unspecified atom stereocenters. The summed E-state index contributed by atoms with van der Waals surface area (Å²) in [6, 6.07) is 6.34. The molecule has 21 heavy (non-hydrogen) atoms. The summed E-state index contributed by atoms with van der Waals surface area (Å²) in [6.07, 6.45) is 1.34. The predicted octanol–water partition coefficient (Wildman–Crippen LogP) is 0.334. The van der Waals surface area contributed by atoms with Crippen molar-refractivity contribution >= 4 is 16.0 Å². The van der Waals surface area contributed by atoms with Crippen molar-refractivity contribution in [3.05, 3.63) is 41.6 Å². The molecule has 0 fully saturated rings. The molecule has 2 aromatic rings. The van der Waals surface area contributed by atoms with Gasteiger partial charge in [-0.3, -0.25) is 5.10 Å². The lowest BCUT2D eigenvalue weighted by Crippen LogP contribution is -2.27. The van der Waals surface area contributed by atoms with Crippen LogP contribution in [0.25, 0.3) is 0 Å². The van der Waals surface area contributed by atoms with Crippen LogP contribution in [0, 0.1) is 0 Å². The number of carboxylic acid groups (broad SMARTS) is 1. The minimum Gasteiger partial charge on any atom is -0.508 e. The molecule has 0 saturated carbocycles. The van der Waals surface area contributed by atoms with Crippen LogP contribution in [-0.2, 0) is 16.4 Å². The summed E-state index contributed by atoms with van der Waals surface area (Å²) in [5.41, 5.74) is 0.422. The smallest absolute Gasteiger partial charge is 0.340 e. The second kappa shape index (κ2) is 5.94. The van der Waals surface area contributed by atoms with Crippen molar-refractivity contribution in [3.63, 3.8) is 0 Å². The number of phenols is 1. The molecule has 9 heteroatoms. The highest BCUT2D eigenvalue weighted by Gasteiger charge is 2.24. The minimum absolute atomic E-state index is 0.0885. The molecule has 0 radical (unpaired) electrons. The molecule has 4 N–H and O–H groups in total. The number of phenolic OH excluding ortho intramolecular Hbond substituents is 1. The average molecular weight is 311 g/mol. The Hall–Kier alpha value is -2.39. The largest absolute Gasteiger partial charge is 0.508 e. The number of hydrogen-bond acceptors (Lipinski definition) is 5. The maximum absolute atomic E-state index is 12.0. The van der Waals surface area contributed by atoms with Gasteiger partial charge in [0.2, 0.25) is 0 Å². The fourth-order valence-electron chi connectivity index (χ4n) is 1.70. The van der Waals surface area contributed by atoms with Gasteiger partial charge in [-0.15, -0.1) is 0 Å². The number of H-pyrrole nitrogens is 1. The summed E-state index contributed by atoms with van der Waals surface area (Å²) in [5, 5.41) is 23.1. The Morgan fingerprint density at radius 1 is 1.29 bits per heavy atom. The summed E-state index contributed by atoms with van der Waals surface area (Å²) < 4.78 is 26.2. The van der Waals surface area contributed by atoms with Crippen LogP contribution in [-0.4, -0.2) is 41.3 Å². The molecule has 1 heterocycles. The average Bonchev–Trinajstić information content (AvgIpc) is 2.91. The Morgan fingerprint density at radius 2 is 1.95 bits per heavy atom. The fourth-order valence-corrected chi connectivity index (χ4v) is 2.81. The number of aromatic hydroxyl groups is 1. The van der Waals surface area contributed by atoms with E-state index in [1.807, 2.05) is 0 Å². The van der Waals surface area contributed by atoms with Gasteiger partial charge < -0.3 is 10.2 Å². The summed E-state index contributed by atoms with van der Waals surface area (Å²) in [5.74, 6) is -1.24. The predicted molar refractivity (Wildman–Crippen MR) is 72.5 cm³/mol. The van der Waals surface area contributed by atoms with Gasteiger partial charge in [0, 0.05) is 6.54 Å².